The van der Waals surface area contributed by atoms with Crippen molar-refractivity contribution in [2.75, 3.05) is 13.1 Å². The molecule has 2 aliphatic heterocycles. The van der Waals surface area contributed by atoms with Gasteiger partial charge in [0.05, 0.1) is 17.2 Å². The molecule has 0 radical (unpaired) electrons. The number of pyridine rings is 1. The third kappa shape index (κ3) is 2.80. The number of β-amino-alcohol motifs (C(OH)–C–C–N with tert-alkyl or cyclic N) is 1. The summed E-state index contributed by atoms with van der Waals surface area (Å²) in [7, 11) is 0. The zero-order chi connectivity index (χ0) is 21.0. The van der Waals surface area contributed by atoms with E-state index >= 15 is 0 Å². The smallest absolute Gasteiger partial charge is 0.258 e. The van der Waals surface area contributed by atoms with Crippen LogP contribution in [-0.4, -0.2) is 56.0 Å². The number of aliphatic hydroxyl groups is 1. The van der Waals surface area contributed by atoms with E-state index in [9.17, 15) is 24.2 Å². The van der Waals surface area contributed by atoms with Crippen LogP contribution in [0.25, 0.3) is 10.9 Å². The summed E-state index contributed by atoms with van der Waals surface area (Å²) in [6.07, 6.45) is 0.936. The molecule has 2 aliphatic rings. The molecule has 0 bridgehead atoms. The molecule has 2 amide bonds. The van der Waals surface area contributed by atoms with Crippen LogP contribution in [0.3, 0.4) is 0 Å². The second-order valence-electron chi connectivity index (χ2n) is 7.63. The predicted molar refractivity (Wildman–Crippen MR) is 105 cm³/mol. The maximum Gasteiger partial charge on any atom is 0.258 e. The quantitative estimate of drug-likeness (QED) is 0.693. The minimum atomic E-state index is -0.555. The van der Waals surface area contributed by atoms with Crippen molar-refractivity contribution >= 4 is 22.7 Å². The van der Waals surface area contributed by atoms with Crippen LogP contribution in [0.5, 0.6) is 5.75 Å². The topological polar surface area (TPSA) is 94.0 Å². The number of carbonyl (C=O) groups excluding carboxylic acids is 2. The number of amides is 2. The van der Waals surface area contributed by atoms with Crippen molar-refractivity contribution in [2.24, 2.45) is 0 Å². The molecule has 0 atom stereocenters. The molecule has 1 fully saturated rings. The van der Waals surface area contributed by atoms with Gasteiger partial charge >= 0.3 is 0 Å². The molecule has 5 rings (SSSR count). The lowest BCUT2D eigenvalue weighted by Gasteiger charge is -2.36. The van der Waals surface area contributed by atoms with Gasteiger partial charge in [0.1, 0.15) is 11.3 Å². The van der Waals surface area contributed by atoms with E-state index in [2.05, 4.69) is 4.98 Å². The average molecular weight is 407 g/mol. The van der Waals surface area contributed by atoms with Gasteiger partial charge in [0.25, 0.3) is 11.8 Å². The van der Waals surface area contributed by atoms with E-state index in [1.807, 2.05) is 0 Å². The first-order valence-corrected chi connectivity index (χ1v) is 9.57. The van der Waals surface area contributed by atoms with Gasteiger partial charge in [-0.05, 0) is 23.8 Å². The van der Waals surface area contributed by atoms with E-state index in [1.54, 1.807) is 24.3 Å². The van der Waals surface area contributed by atoms with E-state index in [4.69, 9.17) is 0 Å². The van der Waals surface area contributed by atoms with Gasteiger partial charge < -0.3 is 20.0 Å². The lowest BCUT2D eigenvalue weighted by molar-refractivity contribution is 0.00593. The third-order valence-corrected chi connectivity index (χ3v) is 5.64. The number of aliphatic hydroxyl groups excluding tert-OH is 1. The summed E-state index contributed by atoms with van der Waals surface area (Å²) in [6, 6.07) is 9.20. The van der Waals surface area contributed by atoms with Crippen LogP contribution >= 0.6 is 0 Å². The fourth-order valence-corrected chi connectivity index (χ4v) is 4.12. The van der Waals surface area contributed by atoms with Crippen molar-refractivity contribution in [3.05, 3.63) is 70.7 Å². The number of hydrogen-bond acceptors (Lipinski definition) is 5. The summed E-state index contributed by atoms with van der Waals surface area (Å²) < 4.78 is 13.2. The largest absolute Gasteiger partial charge is 0.505 e. The number of fused-ring (bicyclic) bond motifs is 2. The van der Waals surface area contributed by atoms with Gasteiger partial charge in [-0.3, -0.25) is 14.6 Å². The Kier molecular flexibility index (Phi) is 4.18. The molecular weight excluding hydrogens is 389 g/mol. The normalized spacial score (nSPS) is 16.1. The van der Waals surface area contributed by atoms with E-state index in [0.717, 1.165) is 5.56 Å². The summed E-state index contributed by atoms with van der Waals surface area (Å²) in [5.74, 6) is -1.31. The fourth-order valence-electron chi connectivity index (χ4n) is 4.12. The minimum Gasteiger partial charge on any atom is -0.505 e. The molecule has 30 heavy (non-hydrogen) atoms. The highest BCUT2D eigenvalue weighted by Crippen LogP contribution is 2.40. The second-order valence-corrected chi connectivity index (χ2v) is 7.63. The molecule has 0 unspecified atom stereocenters. The Hall–Kier alpha value is -3.52. The standard InChI is InChI=1S/C22H18FN3O4/c23-13-5-3-12(4-6-13)8-25-11-16-17(21(29)26-9-14(27)10-26)15-2-1-7-24-19(15)20(28)18(16)22(25)30/h1-7,14,27-28H,8-11H2. The molecular formula is C22H18FN3O4. The first-order chi connectivity index (χ1) is 14.4. The monoisotopic (exact) mass is 407 g/mol. The number of nitrogens with zero attached hydrogens (tertiary/aromatic N) is 3. The molecule has 1 aromatic heterocycles. The lowest BCUT2D eigenvalue weighted by atomic mass is 9.94. The highest BCUT2D eigenvalue weighted by molar-refractivity contribution is 6.15. The van der Waals surface area contributed by atoms with Crippen LogP contribution in [-0.2, 0) is 13.1 Å². The zero-order valence-corrected chi connectivity index (χ0v) is 15.9. The number of phenols is 1. The summed E-state index contributed by atoms with van der Waals surface area (Å²) in [5, 5.41) is 20.9. The Morgan fingerprint density at radius 3 is 2.63 bits per heavy atom. The van der Waals surface area contributed by atoms with Gasteiger partial charge in [-0.1, -0.05) is 18.2 Å². The maximum atomic E-state index is 13.2. The Morgan fingerprint density at radius 2 is 1.93 bits per heavy atom. The Morgan fingerprint density at radius 1 is 1.20 bits per heavy atom. The van der Waals surface area contributed by atoms with Gasteiger partial charge in [0.15, 0.2) is 5.75 Å². The van der Waals surface area contributed by atoms with Gasteiger partial charge in [0.2, 0.25) is 0 Å². The summed E-state index contributed by atoms with van der Waals surface area (Å²) in [4.78, 5) is 33.5. The minimum absolute atomic E-state index is 0.0766. The summed E-state index contributed by atoms with van der Waals surface area (Å²) in [5.41, 5.74) is 1.78. The summed E-state index contributed by atoms with van der Waals surface area (Å²) in [6.45, 7) is 0.807. The second kappa shape index (κ2) is 6.77. The molecule has 0 saturated carbocycles. The Balaban J connectivity index is 1.60. The van der Waals surface area contributed by atoms with Crippen molar-refractivity contribution in [3.8, 4) is 5.75 Å². The fraction of sp³-hybridized carbons (Fsp3) is 0.227. The van der Waals surface area contributed by atoms with Crippen LogP contribution in [0.4, 0.5) is 4.39 Å². The number of likely N-dealkylation sites (tertiary alicyclic amines) is 1. The van der Waals surface area contributed by atoms with Crippen molar-refractivity contribution in [3.63, 3.8) is 0 Å². The van der Waals surface area contributed by atoms with Crippen molar-refractivity contribution in [1.29, 1.82) is 0 Å². The van der Waals surface area contributed by atoms with Crippen LogP contribution in [0, 0.1) is 5.82 Å². The molecule has 2 aromatic carbocycles. The lowest BCUT2D eigenvalue weighted by Crippen LogP contribution is -2.53. The number of phenolic OH excluding ortho intramolecular Hbond substituents is 1. The molecule has 2 N–H and O–H groups in total. The number of aromatic nitrogens is 1. The zero-order valence-electron chi connectivity index (χ0n) is 15.9. The van der Waals surface area contributed by atoms with E-state index in [-0.39, 0.29) is 54.7 Å². The van der Waals surface area contributed by atoms with Crippen LogP contribution in [0.2, 0.25) is 0 Å². The van der Waals surface area contributed by atoms with Crippen LogP contribution in [0.15, 0.2) is 42.6 Å². The molecule has 3 aromatic rings. The number of benzene rings is 2. The number of carbonyl (C=O) groups is 2. The number of rotatable bonds is 3. The van der Waals surface area contributed by atoms with Gasteiger partial charge in [0, 0.05) is 43.3 Å². The third-order valence-electron chi connectivity index (χ3n) is 5.64. The summed E-state index contributed by atoms with van der Waals surface area (Å²) >= 11 is 0. The van der Waals surface area contributed by atoms with Crippen molar-refractivity contribution < 1.29 is 24.2 Å². The van der Waals surface area contributed by atoms with Gasteiger partial charge in [-0.15, -0.1) is 0 Å². The molecule has 152 valence electrons. The molecule has 7 nitrogen and oxygen atoms in total. The highest BCUT2D eigenvalue weighted by Gasteiger charge is 2.39. The average Bonchev–Trinajstić information content (AvgIpc) is 3.03. The molecule has 0 aliphatic carbocycles. The molecule has 3 heterocycles. The number of hydrogen-bond donors (Lipinski definition) is 2. The first-order valence-electron chi connectivity index (χ1n) is 9.57. The Bertz CT molecular complexity index is 1190. The van der Waals surface area contributed by atoms with E-state index in [1.165, 1.54) is 28.1 Å². The first kappa shape index (κ1) is 18.5. The molecule has 0 spiro atoms. The number of halogens is 1. The number of aromatic hydroxyl groups is 1. The SMILES string of the molecule is O=C1c2c(c(C(=O)N3CC(O)C3)c3cccnc3c2O)CN1Cc1ccc(F)cc1. The maximum absolute atomic E-state index is 13.2. The molecule has 1 saturated heterocycles. The molecule has 8 heteroatoms. The predicted octanol–water partition coefficient (Wildman–Crippen LogP) is 2.05. The van der Waals surface area contributed by atoms with Crippen molar-refractivity contribution in [2.45, 2.75) is 19.2 Å². The van der Waals surface area contributed by atoms with Gasteiger partial charge in [-0.2, -0.15) is 0 Å². The van der Waals surface area contributed by atoms with Crippen LogP contribution < -0.4 is 0 Å². The van der Waals surface area contributed by atoms with Crippen LogP contribution in [0.1, 0.15) is 31.8 Å². The van der Waals surface area contributed by atoms with Gasteiger partial charge in [-0.25, -0.2) is 4.39 Å². The van der Waals surface area contributed by atoms with E-state index in [0.29, 0.717) is 16.5 Å². The highest BCUT2D eigenvalue weighted by atomic mass is 19.1. The van der Waals surface area contributed by atoms with Crippen molar-refractivity contribution in [1.82, 2.24) is 14.8 Å². The van der Waals surface area contributed by atoms with E-state index < -0.39 is 12.0 Å². The Labute approximate surface area is 171 Å².